The number of halogens is 2. The summed E-state index contributed by atoms with van der Waals surface area (Å²) in [6, 6.07) is 5.64. The molecule has 0 aliphatic rings. The zero-order valence-corrected chi connectivity index (χ0v) is 10.3. The Balaban J connectivity index is 2.83. The van der Waals surface area contributed by atoms with Gasteiger partial charge < -0.3 is 4.43 Å². The minimum absolute atomic E-state index is 0.443. The molecule has 0 saturated heterocycles. The average molecular weight is 235 g/mol. The molecule has 0 aromatic heterocycles. The third-order valence-electron chi connectivity index (χ3n) is 1.54. The summed E-state index contributed by atoms with van der Waals surface area (Å²) in [5.41, 5.74) is 0.945. The molecular weight excluding hydrogens is 223 g/mol. The monoisotopic (exact) mass is 234 g/mol. The minimum Gasteiger partial charge on any atom is -0.547 e. The Morgan fingerprint density at radius 1 is 1.38 bits per heavy atom. The van der Waals surface area contributed by atoms with E-state index in [0.717, 1.165) is 11.3 Å². The molecule has 4 heteroatoms. The van der Waals surface area contributed by atoms with Crippen LogP contribution in [0.1, 0.15) is 5.56 Å². The molecule has 1 aromatic carbocycles. The van der Waals surface area contributed by atoms with E-state index >= 15 is 0 Å². The van der Waals surface area contributed by atoms with Crippen molar-refractivity contribution >= 4 is 32.2 Å². The fourth-order valence-corrected chi connectivity index (χ4v) is 2.21. The molecule has 1 rings (SSSR count). The lowest BCUT2D eigenvalue weighted by atomic mass is 10.2. The van der Waals surface area contributed by atoms with Crippen LogP contribution >= 0.6 is 23.2 Å². The summed E-state index contributed by atoms with van der Waals surface area (Å²) >= 11 is 11.6. The Labute approximate surface area is 90.3 Å². The third kappa shape index (κ3) is 3.22. The average Bonchev–Trinajstić information content (AvgIpc) is 2.03. The van der Waals surface area contributed by atoms with Crippen molar-refractivity contribution in [3.8, 4) is 5.75 Å². The van der Waals surface area contributed by atoms with Crippen LogP contribution in [-0.2, 0) is 5.88 Å². The molecule has 0 aliphatic carbocycles. The first-order valence-corrected chi connectivity index (χ1v) is 7.84. The van der Waals surface area contributed by atoms with Gasteiger partial charge in [-0.05, 0) is 30.8 Å². The van der Waals surface area contributed by atoms with E-state index in [2.05, 4.69) is 13.1 Å². The first kappa shape index (κ1) is 10.9. The third-order valence-corrected chi connectivity index (χ3v) is 2.92. The van der Waals surface area contributed by atoms with Crippen molar-refractivity contribution in [2.45, 2.75) is 19.0 Å². The van der Waals surface area contributed by atoms with Gasteiger partial charge in [0.2, 0.25) is 9.04 Å². The quantitative estimate of drug-likeness (QED) is 0.576. The smallest absolute Gasteiger partial charge is 0.229 e. The van der Waals surface area contributed by atoms with Gasteiger partial charge in [-0.2, -0.15) is 0 Å². The summed E-state index contributed by atoms with van der Waals surface area (Å²) in [6.45, 7) is 4.23. The lowest BCUT2D eigenvalue weighted by molar-refractivity contribution is 0.580. The summed E-state index contributed by atoms with van der Waals surface area (Å²) in [6.07, 6.45) is 0. The zero-order valence-electron chi connectivity index (χ0n) is 7.68. The van der Waals surface area contributed by atoms with Gasteiger partial charge in [-0.15, -0.1) is 11.6 Å². The van der Waals surface area contributed by atoms with Crippen LogP contribution in [0, 0.1) is 0 Å². The molecule has 0 heterocycles. The number of benzene rings is 1. The molecule has 0 unspecified atom stereocenters. The van der Waals surface area contributed by atoms with Crippen molar-refractivity contribution in [2.24, 2.45) is 0 Å². The Hall–Kier alpha value is -0.183. The number of hydrogen-bond donors (Lipinski definition) is 0. The van der Waals surface area contributed by atoms with E-state index in [-0.39, 0.29) is 0 Å². The second-order valence-corrected chi connectivity index (χ2v) is 6.06. The maximum atomic E-state index is 5.96. The van der Waals surface area contributed by atoms with Gasteiger partial charge in [-0.25, -0.2) is 0 Å². The van der Waals surface area contributed by atoms with Crippen LogP contribution in [0.5, 0.6) is 5.75 Å². The van der Waals surface area contributed by atoms with Crippen molar-refractivity contribution in [1.82, 2.24) is 0 Å². The summed E-state index contributed by atoms with van der Waals surface area (Å²) in [5.74, 6) is 1.29. The van der Waals surface area contributed by atoms with E-state index in [4.69, 9.17) is 27.6 Å². The molecule has 72 valence electrons. The molecule has 0 bridgehead atoms. The molecule has 0 amide bonds. The van der Waals surface area contributed by atoms with Crippen LogP contribution in [0.3, 0.4) is 0 Å². The molecule has 0 aliphatic heterocycles. The topological polar surface area (TPSA) is 9.23 Å². The molecule has 0 spiro atoms. The van der Waals surface area contributed by atoms with E-state index in [1.165, 1.54) is 0 Å². The van der Waals surface area contributed by atoms with E-state index in [1.807, 2.05) is 18.2 Å². The Morgan fingerprint density at radius 3 is 2.54 bits per heavy atom. The van der Waals surface area contributed by atoms with Gasteiger partial charge in [0.05, 0.1) is 0 Å². The molecule has 1 nitrogen and oxygen atoms in total. The van der Waals surface area contributed by atoms with Crippen molar-refractivity contribution in [3.63, 3.8) is 0 Å². The summed E-state index contributed by atoms with van der Waals surface area (Å²) < 4.78 is 5.61. The van der Waals surface area contributed by atoms with Crippen LogP contribution in [0.2, 0.25) is 18.1 Å². The molecule has 0 radical (unpaired) electrons. The van der Waals surface area contributed by atoms with Crippen molar-refractivity contribution in [3.05, 3.63) is 28.8 Å². The van der Waals surface area contributed by atoms with Gasteiger partial charge in [0.15, 0.2) is 0 Å². The van der Waals surface area contributed by atoms with Gasteiger partial charge in [0.1, 0.15) is 5.75 Å². The minimum atomic E-state index is -1.03. The fourth-order valence-electron chi connectivity index (χ4n) is 0.982. The first-order chi connectivity index (χ1) is 6.13. The standard InChI is InChI=1S/C9H12Cl2OSi/c1-13(2)12-8-4-3-7(6-10)9(11)5-8/h3-5,13H,6H2,1-2H3. The summed E-state index contributed by atoms with van der Waals surface area (Å²) in [4.78, 5) is 0. The highest BCUT2D eigenvalue weighted by Gasteiger charge is 2.03. The highest BCUT2D eigenvalue weighted by molar-refractivity contribution is 6.49. The van der Waals surface area contributed by atoms with E-state index in [1.54, 1.807) is 0 Å². The normalized spacial score (nSPS) is 10.5. The second kappa shape index (κ2) is 4.89. The Bertz CT molecular complexity index is 289. The van der Waals surface area contributed by atoms with Crippen molar-refractivity contribution in [1.29, 1.82) is 0 Å². The van der Waals surface area contributed by atoms with Crippen LogP contribution in [0.15, 0.2) is 18.2 Å². The SMILES string of the molecule is C[SiH](C)Oc1ccc(CCl)c(Cl)c1. The highest BCUT2D eigenvalue weighted by Crippen LogP contribution is 2.24. The molecule has 0 atom stereocenters. The van der Waals surface area contributed by atoms with Gasteiger partial charge in [0, 0.05) is 10.9 Å². The first-order valence-electron chi connectivity index (χ1n) is 4.14. The lowest BCUT2D eigenvalue weighted by Crippen LogP contribution is -2.11. The van der Waals surface area contributed by atoms with Gasteiger partial charge >= 0.3 is 0 Å². The summed E-state index contributed by atoms with van der Waals surface area (Å²) in [5, 5.41) is 0.683. The molecular formula is C9H12Cl2OSi. The molecule has 0 N–H and O–H groups in total. The number of alkyl halides is 1. The maximum Gasteiger partial charge on any atom is 0.229 e. The number of rotatable bonds is 3. The van der Waals surface area contributed by atoms with Crippen LogP contribution < -0.4 is 4.43 Å². The molecule has 0 saturated carbocycles. The predicted molar refractivity (Wildman–Crippen MR) is 60.5 cm³/mol. The predicted octanol–water partition coefficient (Wildman–Crippen LogP) is 3.44. The largest absolute Gasteiger partial charge is 0.547 e. The molecule has 1 aromatic rings. The zero-order chi connectivity index (χ0) is 9.84. The Morgan fingerprint density at radius 2 is 2.08 bits per heavy atom. The van der Waals surface area contributed by atoms with Crippen molar-refractivity contribution < 1.29 is 4.43 Å². The Kier molecular flexibility index (Phi) is 4.10. The van der Waals surface area contributed by atoms with E-state index in [0.29, 0.717) is 10.9 Å². The van der Waals surface area contributed by atoms with Crippen LogP contribution in [-0.4, -0.2) is 9.04 Å². The number of hydrogen-bond acceptors (Lipinski definition) is 1. The lowest BCUT2D eigenvalue weighted by Gasteiger charge is -2.10. The fraction of sp³-hybridized carbons (Fsp3) is 0.333. The van der Waals surface area contributed by atoms with Crippen LogP contribution in [0.4, 0.5) is 0 Å². The van der Waals surface area contributed by atoms with Gasteiger partial charge in [0.25, 0.3) is 0 Å². The van der Waals surface area contributed by atoms with E-state index < -0.39 is 9.04 Å². The van der Waals surface area contributed by atoms with Gasteiger partial charge in [-0.1, -0.05) is 17.7 Å². The van der Waals surface area contributed by atoms with Gasteiger partial charge in [-0.3, -0.25) is 0 Å². The highest BCUT2D eigenvalue weighted by atomic mass is 35.5. The van der Waals surface area contributed by atoms with Crippen LogP contribution in [0.25, 0.3) is 0 Å². The van der Waals surface area contributed by atoms with E-state index in [9.17, 15) is 0 Å². The van der Waals surface area contributed by atoms with Crippen molar-refractivity contribution in [2.75, 3.05) is 0 Å². The maximum absolute atomic E-state index is 5.96. The summed E-state index contributed by atoms with van der Waals surface area (Å²) in [7, 11) is -1.03. The molecule has 13 heavy (non-hydrogen) atoms. The second-order valence-electron chi connectivity index (χ2n) is 3.05. The molecule has 0 fully saturated rings.